The van der Waals surface area contributed by atoms with Crippen LogP contribution in [-0.4, -0.2) is 31.4 Å². The van der Waals surface area contributed by atoms with Crippen molar-refractivity contribution in [3.8, 4) is 6.07 Å². The maximum atomic E-state index is 9.98. The maximum absolute atomic E-state index is 9.98. The van der Waals surface area contributed by atoms with Gasteiger partial charge in [0.05, 0.1) is 27.6 Å². The van der Waals surface area contributed by atoms with E-state index in [1.807, 2.05) is 43.3 Å². The highest BCUT2D eigenvalue weighted by Gasteiger charge is 2.31. The fourth-order valence-electron chi connectivity index (χ4n) is 4.83. The smallest absolute Gasteiger partial charge is 0.212 e. The summed E-state index contributed by atoms with van der Waals surface area (Å²) < 4.78 is 4.38. The van der Waals surface area contributed by atoms with E-state index in [1.165, 1.54) is 0 Å². The molecule has 6 nitrogen and oxygen atoms in total. The monoisotopic (exact) mass is 426 g/mol. The molecule has 1 aliphatic rings. The summed E-state index contributed by atoms with van der Waals surface area (Å²) in [4.78, 5) is 12.0. The molecule has 0 atom stereocenters. The minimum atomic E-state index is 0.473. The number of hydrogen-bond acceptors (Lipinski definition) is 4. The average Bonchev–Trinajstić information content (AvgIpc) is 3.46. The van der Waals surface area contributed by atoms with E-state index in [0.717, 1.165) is 58.0 Å². The van der Waals surface area contributed by atoms with Crippen LogP contribution in [0.1, 0.15) is 16.7 Å². The Labute approximate surface area is 183 Å². The number of nitriles is 1. The number of nitrogens with zero attached hydrogens (tertiary/aromatic N) is 6. The highest BCUT2D eigenvalue weighted by molar-refractivity contribution is 6.18. The fourth-order valence-corrected chi connectivity index (χ4v) is 5.02. The van der Waals surface area contributed by atoms with Crippen LogP contribution in [0.3, 0.4) is 0 Å². The standard InChI is InChI=1S/C24H19ClN6/c1-15-16(10-11-25)23(30-13-12-29-20-8-4-2-6-18(20)28-24(29)30)31-21-9-5-3-7-19(21)27-22(31)17(15)14-26/h2-9H,10-13H2,1H3. The van der Waals surface area contributed by atoms with E-state index < -0.39 is 0 Å². The van der Waals surface area contributed by atoms with Crippen molar-refractivity contribution >= 4 is 51.1 Å². The lowest BCUT2D eigenvalue weighted by molar-refractivity contribution is 0.820. The Balaban J connectivity index is 1.75. The second kappa shape index (κ2) is 6.73. The van der Waals surface area contributed by atoms with Gasteiger partial charge in [-0.1, -0.05) is 24.3 Å². The molecule has 2 aromatic carbocycles. The average molecular weight is 427 g/mol. The number of alkyl halides is 1. The Kier molecular flexibility index (Phi) is 3.95. The second-order valence-corrected chi connectivity index (χ2v) is 8.19. The van der Waals surface area contributed by atoms with Crippen LogP contribution in [0.25, 0.3) is 27.7 Å². The Hall–Kier alpha value is -3.56. The van der Waals surface area contributed by atoms with Gasteiger partial charge < -0.3 is 4.57 Å². The molecule has 4 heterocycles. The SMILES string of the molecule is Cc1c(CCCl)c(N2CCn3c2nc2ccccc23)n2c(nc3ccccc32)c1C#N. The Morgan fingerprint density at radius 2 is 1.71 bits per heavy atom. The molecule has 0 unspecified atom stereocenters. The molecule has 0 bridgehead atoms. The third-order valence-corrected chi connectivity index (χ3v) is 6.42. The van der Waals surface area contributed by atoms with Crippen LogP contribution >= 0.6 is 11.6 Å². The van der Waals surface area contributed by atoms with Crippen LogP contribution in [0, 0.1) is 18.3 Å². The first-order valence-corrected chi connectivity index (χ1v) is 10.9. The molecule has 0 aliphatic carbocycles. The van der Waals surface area contributed by atoms with Gasteiger partial charge in [-0.2, -0.15) is 5.26 Å². The zero-order valence-electron chi connectivity index (χ0n) is 17.0. The lowest BCUT2D eigenvalue weighted by Gasteiger charge is -2.24. The predicted octanol–water partition coefficient (Wildman–Crippen LogP) is 4.95. The quantitative estimate of drug-likeness (QED) is 0.383. The molecule has 5 aromatic rings. The van der Waals surface area contributed by atoms with Gasteiger partial charge in [-0.3, -0.25) is 9.30 Å². The fraction of sp³-hybridized carbons (Fsp3) is 0.208. The molecular weight excluding hydrogens is 408 g/mol. The topological polar surface area (TPSA) is 62.1 Å². The van der Waals surface area contributed by atoms with E-state index in [2.05, 4.69) is 32.1 Å². The first-order chi connectivity index (χ1) is 15.2. The molecule has 152 valence electrons. The molecule has 0 spiro atoms. The Bertz CT molecular complexity index is 1540. The number of pyridine rings is 1. The lowest BCUT2D eigenvalue weighted by atomic mass is 10.0. The molecule has 0 saturated carbocycles. The number of halogens is 1. The van der Waals surface area contributed by atoms with Gasteiger partial charge in [-0.15, -0.1) is 11.6 Å². The van der Waals surface area contributed by atoms with Crippen molar-refractivity contribution in [1.82, 2.24) is 18.9 Å². The van der Waals surface area contributed by atoms with E-state index in [0.29, 0.717) is 23.5 Å². The molecule has 3 aromatic heterocycles. The Morgan fingerprint density at radius 1 is 1.00 bits per heavy atom. The molecule has 0 fully saturated rings. The van der Waals surface area contributed by atoms with Crippen LogP contribution in [0.4, 0.5) is 11.8 Å². The van der Waals surface area contributed by atoms with Gasteiger partial charge in [0, 0.05) is 19.0 Å². The number of rotatable bonds is 3. The zero-order valence-corrected chi connectivity index (χ0v) is 17.8. The van der Waals surface area contributed by atoms with Gasteiger partial charge in [0.15, 0.2) is 5.65 Å². The number of imidazole rings is 2. The zero-order chi connectivity index (χ0) is 21.1. The molecule has 7 heteroatoms. The van der Waals surface area contributed by atoms with Gasteiger partial charge in [-0.05, 0) is 48.7 Å². The molecule has 0 amide bonds. The summed E-state index contributed by atoms with van der Waals surface area (Å²) in [6, 6.07) is 18.6. The van der Waals surface area contributed by atoms with E-state index in [-0.39, 0.29) is 0 Å². The normalized spacial score (nSPS) is 13.4. The van der Waals surface area contributed by atoms with Crippen molar-refractivity contribution in [3.05, 3.63) is 65.2 Å². The van der Waals surface area contributed by atoms with Gasteiger partial charge >= 0.3 is 0 Å². The second-order valence-electron chi connectivity index (χ2n) is 7.82. The van der Waals surface area contributed by atoms with Crippen molar-refractivity contribution in [2.75, 3.05) is 17.3 Å². The van der Waals surface area contributed by atoms with Gasteiger partial charge in [0.2, 0.25) is 5.95 Å². The third-order valence-electron chi connectivity index (χ3n) is 6.23. The number of benzene rings is 2. The predicted molar refractivity (Wildman–Crippen MR) is 123 cm³/mol. The van der Waals surface area contributed by atoms with Crippen LogP contribution in [0.15, 0.2) is 48.5 Å². The van der Waals surface area contributed by atoms with Crippen molar-refractivity contribution in [2.45, 2.75) is 19.9 Å². The van der Waals surface area contributed by atoms with Crippen molar-refractivity contribution in [1.29, 1.82) is 5.26 Å². The van der Waals surface area contributed by atoms with Crippen LogP contribution in [-0.2, 0) is 13.0 Å². The van der Waals surface area contributed by atoms with Crippen molar-refractivity contribution < 1.29 is 0 Å². The number of anilines is 2. The van der Waals surface area contributed by atoms with Crippen molar-refractivity contribution in [3.63, 3.8) is 0 Å². The number of para-hydroxylation sites is 4. The Morgan fingerprint density at radius 3 is 2.45 bits per heavy atom. The summed E-state index contributed by atoms with van der Waals surface area (Å²) in [7, 11) is 0. The summed E-state index contributed by atoms with van der Waals surface area (Å²) in [6.07, 6.45) is 0.663. The minimum Gasteiger partial charge on any atom is -0.308 e. The molecule has 6 rings (SSSR count). The van der Waals surface area contributed by atoms with Gasteiger partial charge in [-0.25, -0.2) is 9.97 Å². The summed E-state index contributed by atoms with van der Waals surface area (Å²) in [5.41, 5.74) is 7.27. The molecule has 1 aliphatic heterocycles. The minimum absolute atomic E-state index is 0.473. The highest BCUT2D eigenvalue weighted by atomic mass is 35.5. The summed E-state index contributed by atoms with van der Waals surface area (Å²) in [5.74, 6) is 2.40. The van der Waals surface area contributed by atoms with E-state index in [4.69, 9.17) is 21.6 Å². The summed E-state index contributed by atoms with van der Waals surface area (Å²) >= 11 is 6.24. The number of fused-ring (bicyclic) bond motifs is 6. The van der Waals surface area contributed by atoms with Gasteiger partial charge in [0.25, 0.3) is 0 Å². The lowest BCUT2D eigenvalue weighted by Crippen LogP contribution is -2.21. The van der Waals surface area contributed by atoms with Crippen LogP contribution in [0.5, 0.6) is 0 Å². The molecule has 0 N–H and O–H groups in total. The number of hydrogen-bond donors (Lipinski definition) is 0. The first kappa shape index (κ1) is 18.2. The van der Waals surface area contributed by atoms with Crippen LogP contribution in [0.2, 0.25) is 0 Å². The summed E-state index contributed by atoms with van der Waals surface area (Å²) in [5, 5.41) is 9.98. The molecule has 0 radical (unpaired) electrons. The summed E-state index contributed by atoms with van der Waals surface area (Å²) in [6.45, 7) is 3.65. The number of aromatic nitrogens is 4. The molecule has 0 saturated heterocycles. The van der Waals surface area contributed by atoms with Gasteiger partial charge in [0.1, 0.15) is 11.9 Å². The van der Waals surface area contributed by atoms with Crippen LogP contribution < -0.4 is 4.90 Å². The highest BCUT2D eigenvalue weighted by Crippen LogP contribution is 2.39. The van der Waals surface area contributed by atoms with E-state index in [1.54, 1.807) is 0 Å². The largest absolute Gasteiger partial charge is 0.308 e. The van der Waals surface area contributed by atoms with E-state index >= 15 is 0 Å². The van der Waals surface area contributed by atoms with Crippen molar-refractivity contribution in [2.24, 2.45) is 0 Å². The van der Waals surface area contributed by atoms with E-state index in [9.17, 15) is 5.26 Å². The third kappa shape index (κ3) is 2.44. The molecular formula is C24H19ClN6. The first-order valence-electron chi connectivity index (χ1n) is 10.3. The molecule has 31 heavy (non-hydrogen) atoms. The maximum Gasteiger partial charge on any atom is 0.212 e.